The first-order valence-electron chi connectivity index (χ1n) is 6.80. The zero-order chi connectivity index (χ0) is 17.3. The van der Waals surface area contributed by atoms with Crippen LogP contribution in [0.4, 0.5) is 5.69 Å². The molecule has 0 atom stereocenters. The highest BCUT2D eigenvalue weighted by Crippen LogP contribution is 2.27. The summed E-state index contributed by atoms with van der Waals surface area (Å²) in [6.45, 7) is 0. The van der Waals surface area contributed by atoms with Crippen molar-refractivity contribution in [2.45, 2.75) is 0 Å². The summed E-state index contributed by atoms with van der Waals surface area (Å²) in [4.78, 5) is 26.9. The minimum Gasteiger partial charge on any atom is -0.497 e. The molecule has 0 aliphatic carbocycles. The SMILES string of the molecule is COc1ccc(N2C(=O)/C(=C/c3ccc(Cl)s3)C(=O)NC2=S)cc1. The smallest absolute Gasteiger partial charge is 0.270 e. The van der Waals surface area contributed by atoms with E-state index in [1.165, 1.54) is 22.3 Å². The van der Waals surface area contributed by atoms with Crippen molar-refractivity contribution >= 4 is 63.8 Å². The molecule has 24 heavy (non-hydrogen) atoms. The Morgan fingerprint density at radius 3 is 2.50 bits per heavy atom. The Morgan fingerprint density at radius 2 is 1.92 bits per heavy atom. The summed E-state index contributed by atoms with van der Waals surface area (Å²) in [6.07, 6.45) is 1.51. The molecule has 0 saturated carbocycles. The number of methoxy groups -OCH3 is 1. The molecule has 1 fully saturated rings. The van der Waals surface area contributed by atoms with Crippen molar-refractivity contribution in [1.82, 2.24) is 5.32 Å². The van der Waals surface area contributed by atoms with E-state index < -0.39 is 11.8 Å². The maximum absolute atomic E-state index is 12.8. The van der Waals surface area contributed by atoms with Gasteiger partial charge in [-0.2, -0.15) is 0 Å². The first kappa shape index (κ1) is 16.6. The molecule has 1 aromatic carbocycles. The van der Waals surface area contributed by atoms with Crippen LogP contribution in [0.2, 0.25) is 4.34 Å². The lowest BCUT2D eigenvalue weighted by Gasteiger charge is -2.28. The molecule has 0 unspecified atom stereocenters. The Bertz CT molecular complexity index is 858. The molecule has 3 rings (SSSR count). The Hall–Kier alpha value is -2.22. The van der Waals surface area contributed by atoms with Crippen molar-refractivity contribution in [2.75, 3.05) is 12.0 Å². The summed E-state index contributed by atoms with van der Waals surface area (Å²) < 4.78 is 5.68. The van der Waals surface area contributed by atoms with Crippen LogP contribution in [0.15, 0.2) is 42.0 Å². The Kier molecular flexibility index (Phi) is 4.66. The van der Waals surface area contributed by atoms with E-state index >= 15 is 0 Å². The van der Waals surface area contributed by atoms with Gasteiger partial charge >= 0.3 is 0 Å². The van der Waals surface area contributed by atoms with Gasteiger partial charge in [-0.3, -0.25) is 19.8 Å². The number of amides is 2. The monoisotopic (exact) mass is 378 g/mol. The average Bonchev–Trinajstić information content (AvgIpc) is 2.97. The first-order chi connectivity index (χ1) is 11.5. The standard InChI is InChI=1S/C16H11ClN2O3S2/c1-22-10-4-2-9(3-5-10)19-15(21)12(14(20)18-16(19)23)8-11-6-7-13(17)24-11/h2-8H,1H3,(H,18,20,23)/b12-8+. The molecule has 0 radical (unpaired) electrons. The van der Waals surface area contributed by atoms with Crippen LogP contribution in [0.25, 0.3) is 6.08 Å². The highest BCUT2D eigenvalue weighted by Gasteiger charge is 2.34. The number of carbonyl (C=O) groups is 2. The van der Waals surface area contributed by atoms with Crippen LogP contribution in [-0.4, -0.2) is 24.0 Å². The van der Waals surface area contributed by atoms with Crippen molar-refractivity contribution in [2.24, 2.45) is 0 Å². The summed E-state index contributed by atoms with van der Waals surface area (Å²) >= 11 is 12.3. The van der Waals surface area contributed by atoms with Crippen LogP contribution in [0, 0.1) is 0 Å². The van der Waals surface area contributed by atoms with Crippen molar-refractivity contribution in [3.8, 4) is 5.75 Å². The molecule has 1 saturated heterocycles. The molecule has 5 nitrogen and oxygen atoms in total. The number of benzene rings is 1. The Balaban J connectivity index is 1.97. The van der Waals surface area contributed by atoms with E-state index in [1.807, 2.05) is 0 Å². The van der Waals surface area contributed by atoms with Gasteiger partial charge in [-0.05, 0) is 54.7 Å². The number of ether oxygens (including phenoxy) is 1. The number of thiocarbonyl (C=S) groups is 1. The quantitative estimate of drug-likeness (QED) is 0.506. The third kappa shape index (κ3) is 3.19. The topological polar surface area (TPSA) is 58.6 Å². The molecule has 1 N–H and O–H groups in total. The predicted molar refractivity (Wildman–Crippen MR) is 98.5 cm³/mol. The van der Waals surface area contributed by atoms with Crippen LogP contribution in [0.5, 0.6) is 5.75 Å². The van der Waals surface area contributed by atoms with Crippen LogP contribution in [-0.2, 0) is 9.59 Å². The molecule has 1 aliphatic rings. The van der Waals surface area contributed by atoms with Gasteiger partial charge in [0.2, 0.25) is 0 Å². The molecule has 2 heterocycles. The minimum atomic E-state index is -0.528. The van der Waals surface area contributed by atoms with Gasteiger partial charge in [0.1, 0.15) is 11.3 Å². The number of thiophene rings is 1. The molecule has 0 bridgehead atoms. The highest BCUT2D eigenvalue weighted by atomic mass is 35.5. The van der Waals surface area contributed by atoms with E-state index in [0.29, 0.717) is 20.7 Å². The average molecular weight is 379 g/mol. The molecule has 1 aliphatic heterocycles. The number of hydrogen-bond donors (Lipinski definition) is 1. The lowest BCUT2D eigenvalue weighted by Crippen LogP contribution is -2.54. The van der Waals surface area contributed by atoms with Crippen LogP contribution in [0.1, 0.15) is 4.88 Å². The first-order valence-corrected chi connectivity index (χ1v) is 8.40. The Labute approximate surface area is 152 Å². The summed E-state index contributed by atoms with van der Waals surface area (Å²) in [5.41, 5.74) is 0.541. The molecule has 1 aromatic heterocycles. The number of rotatable bonds is 3. The second-order valence-electron chi connectivity index (χ2n) is 4.80. The Morgan fingerprint density at radius 1 is 1.21 bits per heavy atom. The number of halogens is 1. The van der Waals surface area contributed by atoms with E-state index in [4.69, 9.17) is 28.6 Å². The van der Waals surface area contributed by atoms with Crippen molar-refractivity contribution in [3.05, 3.63) is 51.2 Å². The summed E-state index contributed by atoms with van der Waals surface area (Å²) in [7, 11) is 1.55. The second-order valence-corrected chi connectivity index (χ2v) is 6.93. The zero-order valence-corrected chi connectivity index (χ0v) is 14.8. The normalized spacial score (nSPS) is 16.5. The number of nitrogens with zero attached hydrogens (tertiary/aromatic N) is 1. The van der Waals surface area contributed by atoms with E-state index in [2.05, 4.69) is 5.32 Å². The van der Waals surface area contributed by atoms with E-state index in [-0.39, 0.29) is 10.7 Å². The maximum atomic E-state index is 12.8. The lowest BCUT2D eigenvalue weighted by molar-refractivity contribution is -0.122. The molecule has 122 valence electrons. The third-order valence-corrected chi connectivity index (χ3v) is 4.78. The van der Waals surface area contributed by atoms with Gasteiger partial charge in [0.05, 0.1) is 17.1 Å². The summed E-state index contributed by atoms with van der Waals surface area (Å²) in [5, 5.41) is 2.57. The number of hydrogen-bond acceptors (Lipinski definition) is 5. The maximum Gasteiger partial charge on any atom is 0.270 e. The summed E-state index contributed by atoms with van der Waals surface area (Å²) in [6, 6.07) is 10.3. The predicted octanol–water partition coefficient (Wildman–Crippen LogP) is 3.24. The second kappa shape index (κ2) is 6.72. The largest absolute Gasteiger partial charge is 0.497 e. The number of anilines is 1. The van der Waals surface area contributed by atoms with Crippen LogP contribution < -0.4 is 15.0 Å². The minimum absolute atomic E-state index is 0.00191. The van der Waals surface area contributed by atoms with Gasteiger partial charge in [0.25, 0.3) is 11.8 Å². The zero-order valence-electron chi connectivity index (χ0n) is 12.4. The fourth-order valence-electron chi connectivity index (χ4n) is 2.17. The van der Waals surface area contributed by atoms with Crippen LogP contribution in [0.3, 0.4) is 0 Å². The van der Waals surface area contributed by atoms with E-state index in [0.717, 1.165) is 0 Å². The van der Waals surface area contributed by atoms with Crippen molar-refractivity contribution < 1.29 is 14.3 Å². The molecule has 0 spiro atoms. The third-order valence-electron chi connectivity index (χ3n) is 3.31. The fourth-order valence-corrected chi connectivity index (χ4v) is 3.46. The van der Waals surface area contributed by atoms with Gasteiger partial charge < -0.3 is 4.74 Å². The van der Waals surface area contributed by atoms with E-state index in [1.54, 1.807) is 43.5 Å². The van der Waals surface area contributed by atoms with Gasteiger partial charge in [-0.1, -0.05) is 11.6 Å². The molecular weight excluding hydrogens is 368 g/mol. The van der Waals surface area contributed by atoms with Gasteiger partial charge in [0.15, 0.2) is 5.11 Å². The van der Waals surface area contributed by atoms with Gasteiger partial charge in [-0.15, -0.1) is 11.3 Å². The van der Waals surface area contributed by atoms with Gasteiger partial charge in [-0.25, -0.2) is 0 Å². The molecule has 2 aromatic rings. The lowest BCUT2D eigenvalue weighted by atomic mass is 10.1. The van der Waals surface area contributed by atoms with Gasteiger partial charge in [0, 0.05) is 4.88 Å². The van der Waals surface area contributed by atoms with Crippen molar-refractivity contribution in [3.63, 3.8) is 0 Å². The molecule has 8 heteroatoms. The van der Waals surface area contributed by atoms with Crippen molar-refractivity contribution in [1.29, 1.82) is 0 Å². The van der Waals surface area contributed by atoms with Crippen LogP contribution >= 0.6 is 35.2 Å². The highest BCUT2D eigenvalue weighted by molar-refractivity contribution is 7.80. The van der Waals surface area contributed by atoms with E-state index in [9.17, 15) is 9.59 Å². The number of carbonyl (C=O) groups excluding carboxylic acids is 2. The summed E-state index contributed by atoms with van der Waals surface area (Å²) in [5.74, 6) is -0.361. The number of nitrogens with one attached hydrogen (secondary N) is 1. The fraction of sp³-hybridized carbons (Fsp3) is 0.0625. The molecule has 2 amide bonds. The molecular formula is C16H11ClN2O3S2.